The van der Waals surface area contributed by atoms with Gasteiger partial charge in [0.1, 0.15) is 5.75 Å². The van der Waals surface area contributed by atoms with Crippen molar-refractivity contribution in [2.45, 2.75) is 37.5 Å². The zero-order valence-corrected chi connectivity index (χ0v) is 13.4. The molecule has 3 N–H and O–H groups in total. The van der Waals surface area contributed by atoms with Gasteiger partial charge in [-0.25, -0.2) is 0 Å². The third-order valence-corrected chi connectivity index (χ3v) is 3.97. The summed E-state index contributed by atoms with van der Waals surface area (Å²) in [7, 11) is 0. The zero-order chi connectivity index (χ0) is 17.8. The van der Waals surface area contributed by atoms with E-state index in [-0.39, 0.29) is 17.7 Å². The van der Waals surface area contributed by atoms with Crippen molar-refractivity contribution in [3.8, 4) is 5.75 Å². The Morgan fingerprint density at radius 1 is 1.33 bits per heavy atom. The molecule has 2 rings (SSSR count). The minimum atomic E-state index is -4.38. The molecule has 134 valence electrons. The van der Waals surface area contributed by atoms with E-state index >= 15 is 0 Å². The molecule has 1 aliphatic heterocycles. The SMILES string of the molecule is CC(NC(=O)C1(N)CCOCC1)c1ccc(OCC(F)(F)F)cc1. The third kappa shape index (κ3) is 5.10. The molecule has 0 radical (unpaired) electrons. The van der Waals surface area contributed by atoms with Crippen LogP contribution in [0, 0.1) is 0 Å². The Balaban J connectivity index is 1.92. The van der Waals surface area contributed by atoms with Crippen LogP contribution < -0.4 is 15.8 Å². The first kappa shape index (κ1) is 18.5. The van der Waals surface area contributed by atoms with Crippen LogP contribution in [0.25, 0.3) is 0 Å². The van der Waals surface area contributed by atoms with E-state index in [2.05, 4.69) is 10.1 Å². The Morgan fingerprint density at radius 3 is 2.46 bits per heavy atom. The summed E-state index contributed by atoms with van der Waals surface area (Å²) < 4.78 is 46.2. The molecule has 8 heteroatoms. The van der Waals surface area contributed by atoms with Gasteiger partial charge in [0.2, 0.25) is 5.91 Å². The predicted molar refractivity (Wildman–Crippen MR) is 81.5 cm³/mol. The number of halogens is 3. The van der Waals surface area contributed by atoms with E-state index in [1.807, 2.05) is 0 Å². The maximum absolute atomic E-state index is 12.3. The number of carbonyl (C=O) groups is 1. The van der Waals surface area contributed by atoms with E-state index in [0.29, 0.717) is 26.1 Å². The molecule has 1 atom stereocenters. The smallest absolute Gasteiger partial charge is 0.422 e. The van der Waals surface area contributed by atoms with Gasteiger partial charge in [0.05, 0.1) is 11.6 Å². The number of hydrogen-bond donors (Lipinski definition) is 2. The van der Waals surface area contributed by atoms with E-state index in [1.54, 1.807) is 19.1 Å². The molecule has 0 spiro atoms. The Bertz CT molecular complexity index is 555. The van der Waals surface area contributed by atoms with Crippen molar-refractivity contribution in [2.24, 2.45) is 5.73 Å². The van der Waals surface area contributed by atoms with Gasteiger partial charge in [-0.15, -0.1) is 0 Å². The van der Waals surface area contributed by atoms with Crippen LogP contribution >= 0.6 is 0 Å². The van der Waals surface area contributed by atoms with Gasteiger partial charge >= 0.3 is 6.18 Å². The van der Waals surface area contributed by atoms with Crippen LogP contribution in [0.5, 0.6) is 5.75 Å². The highest BCUT2D eigenvalue weighted by Gasteiger charge is 2.36. The number of nitrogens with two attached hydrogens (primary N) is 1. The normalized spacial score (nSPS) is 18.7. The van der Waals surface area contributed by atoms with Crippen molar-refractivity contribution < 1.29 is 27.4 Å². The van der Waals surface area contributed by atoms with Crippen molar-refractivity contribution in [3.63, 3.8) is 0 Å². The lowest BCUT2D eigenvalue weighted by atomic mass is 9.90. The standard InChI is InChI=1S/C16H21F3N2O3/c1-11(21-14(22)15(20)6-8-23-9-7-15)12-2-4-13(5-3-12)24-10-16(17,18)19/h2-5,11H,6-10,20H2,1H3,(H,21,22). The second kappa shape index (κ2) is 7.40. The molecule has 1 aliphatic rings. The summed E-state index contributed by atoms with van der Waals surface area (Å²) in [6.07, 6.45) is -3.47. The van der Waals surface area contributed by atoms with Crippen molar-refractivity contribution in [3.05, 3.63) is 29.8 Å². The molecule has 0 aromatic heterocycles. The molecule has 5 nitrogen and oxygen atoms in total. The lowest BCUT2D eigenvalue weighted by Gasteiger charge is -2.33. The number of carbonyl (C=O) groups excluding carboxylic acids is 1. The molecule has 0 saturated carbocycles. The first-order chi connectivity index (χ1) is 11.2. The number of amides is 1. The van der Waals surface area contributed by atoms with Crippen molar-refractivity contribution in [1.29, 1.82) is 0 Å². The van der Waals surface area contributed by atoms with Gasteiger partial charge in [-0.1, -0.05) is 12.1 Å². The Hall–Kier alpha value is -1.80. The van der Waals surface area contributed by atoms with Gasteiger partial charge < -0.3 is 20.5 Å². The van der Waals surface area contributed by atoms with Gasteiger partial charge in [0, 0.05) is 13.2 Å². The number of benzene rings is 1. The van der Waals surface area contributed by atoms with Crippen LogP contribution in [0.1, 0.15) is 31.4 Å². The molecule has 1 amide bonds. The summed E-state index contributed by atoms with van der Waals surface area (Å²) in [6, 6.07) is 5.79. The quantitative estimate of drug-likeness (QED) is 0.858. The van der Waals surface area contributed by atoms with Crippen LogP contribution in [-0.2, 0) is 9.53 Å². The van der Waals surface area contributed by atoms with Crippen molar-refractivity contribution in [1.82, 2.24) is 5.32 Å². The highest BCUT2D eigenvalue weighted by atomic mass is 19.4. The highest BCUT2D eigenvalue weighted by molar-refractivity contribution is 5.86. The second-order valence-electron chi connectivity index (χ2n) is 5.94. The molecule has 1 saturated heterocycles. The summed E-state index contributed by atoms with van der Waals surface area (Å²) in [4.78, 5) is 12.3. The Labute approximate surface area is 138 Å². The zero-order valence-electron chi connectivity index (χ0n) is 13.4. The van der Waals surface area contributed by atoms with Gasteiger partial charge in [0.15, 0.2) is 6.61 Å². The third-order valence-electron chi connectivity index (χ3n) is 3.97. The number of rotatable bonds is 5. The molecule has 1 unspecified atom stereocenters. The number of alkyl halides is 3. The predicted octanol–water partition coefficient (Wildman–Crippen LogP) is 2.31. The van der Waals surface area contributed by atoms with E-state index in [9.17, 15) is 18.0 Å². The van der Waals surface area contributed by atoms with Crippen LogP contribution in [-0.4, -0.2) is 37.4 Å². The number of nitrogens with one attached hydrogen (secondary N) is 1. The topological polar surface area (TPSA) is 73.6 Å². The van der Waals surface area contributed by atoms with Gasteiger partial charge in [-0.2, -0.15) is 13.2 Å². The average molecular weight is 346 g/mol. The fourth-order valence-corrected chi connectivity index (χ4v) is 2.40. The number of ether oxygens (including phenoxy) is 2. The molecular formula is C16H21F3N2O3. The van der Waals surface area contributed by atoms with Gasteiger partial charge in [-0.05, 0) is 37.5 Å². The minimum absolute atomic E-state index is 0.120. The average Bonchev–Trinajstić information content (AvgIpc) is 2.53. The molecule has 1 fully saturated rings. The van der Waals surface area contributed by atoms with Crippen LogP contribution in [0.4, 0.5) is 13.2 Å². The monoisotopic (exact) mass is 346 g/mol. The Kier molecular flexibility index (Phi) is 5.71. The van der Waals surface area contributed by atoms with E-state index in [0.717, 1.165) is 5.56 Å². The Morgan fingerprint density at radius 2 is 1.92 bits per heavy atom. The van der Waals surface area contributed by atoms with E-state index in [1.165, 1.54) is 12.1 Å². The van der Waals surface area contributed by atoms with Gasteiger partial charge in [-0.3, -0.25) is 4.79 Å². The summed E-state index contributed by atoms with van der Waals surface area (Å²) in [5, 5.41) is 2.84. The van der Waals surface area contributed by atoms with Crippen LogP contribution in [0.3, 0.4) is 0 Å². The first-order valence-electron chi connectivity index (χ1n) is 7.67. The summed E-state index contributed by atoms with van der Waals surface area (Å²) in [5.74, 6) is -0.134. The molecule has 1 aromatic rings. The van der Waals surface area contributed by atoms with Crippen molar-refractivity contribution in [2.75, 3.05) is 19.8 Å². The van der Waals surface area contributed by atoms with Gasteiger partial charge in [0.25, 0.3) is 0 Å². The summed E-state index contributed by atoms with van der Waals surface area (Å²) in [6.45, 7) is 1.34. The number of hydrogen-bond acceptors (Lipinski definition) is 4. The molecule has 0 bridgehead atoms. The first-order valence-corrected chi connectivity index (χ1v) is 7.67. The van der Waals surface area contributed by atoms with E-state index < -0.39 is 18.3 Å². The van der Waals surface area contributed by atoms with Crippen LogP contribution in [0.15, 0.2) is 24.3 Å². The fourth-order valence-electron chi connectivity index (χ4n) is 2.40. The largest absolute Gasteiger partial charge is 0.484 e. The lowest BCUT2D eigenvalue weighted by Crippen LogP contribution is -2.57. The summed E-state index contributed by atoms with van der Waals surface area (Å²) >= 11 is 0. The maximum Gasteiger partial charge on any atom is 0.422 e. The molecule has 0 aliphatic carbocycles. The van der Waals surface area contributed by atoms with Crippen LogP contribution in [0.2, 0.25) is 0 Å². The molecule has 24 heavy (non-hydrogen) atoms. The molecular weight excluding hydrogens is 325 g/mol. The summed E-state index contributed by atoms with van der Waals surface area (Å²) in [5.41, 5.74) is 5.92. The second-order valence-corrected chi connectivity index (χ2v) is 5.94. The maximum atomic E-state index is 12.3. The minimum Gasteiger partial charge on any atom is -0.484 e. The fraction of sp³-hybridized carbons (Fsp3) is 0.562. The van der Waals surface area contributed by atoms with Crippen molar-refractivity contribution >= 4 is 5.91 Å². The van der Waals surface area contributed by atoms with E-state index in [4.69, 9.17) is 10.5 Å². The molecule has 1 aromatic carbocycles. The lowest BCUT2D eigenvalue weighted by molar-refractivity contribution is -0.153. The molecule has 1 heterocycles. The highest BCUT2D eigenvalue weighted by Crippen LogP contribution is 2.23.